The topological polar surface area (TPSA) is 116 Å². The zero-order valence-corrected chi connectivity index (χ0v) is 10.7. The van der Waals surface area contributed by atoms with E-state index in [2.05, 4.69) is 19.1 Å². The summed E-state index contributed by atoms with van der Waals surface area (Å²) in [5, 5.41) is 0.105. The molecule has 10 heteroatoms. The summed E-state index contributed by atoms with van der Waals surface area (Å²) >= 11 is 0.964. The van der Waals surface area contributed by atoms with Gasteiger partial charge in [-0.25, -0.2) is 9.97 Å². The maximum Gasteiger partial charge on any atom is 0.283 e. The zero-order valence-electron chi connectivity index (χ0n) is 9.08. The third-order valence-electron chi connectivity index (χ3n) is 1.91. The average Bonchev–Trinajstić information content (AvgIpc) is 2.73. The van der Waals surface area contributed by atoms with E-state index in [0.29, 0.717) is 5.82 Å². The molecular formula is C7H10N6O2S2. The first kappa shape index (κ1) is 11.8. The van der Waals surface area contributed by atoms with Gasteiger partial charge in [-0.1, -0.05) is 0 Å². The third-order valence-corrected chi connectivity index (χ3v) is 4.23. The van der Waals surface area contributed by atoms with Crippen LogP contribution in [0, 0.1) is 6.92 Å². The van der Waals surface area contributed by atoms with Gasteiger partial charge in [-0.3, -0.25) is 4.72 Å². The number of nitrogens with one attached hydrogen (secondary N) is 1. The highest BCUT2D eigenvalue weighted by Crippen LogP contribution is 2.20. The standard InChI is InChI=1S/C7H10N6O2S2/c1-4-10-7(16-11-4)12-17(14,15)6-5(8)9-3-13(6)2/h3H,8H2,1-2H3,(H,10,11,12). The van der Waals surface area contributed by atoms with Crippen molar-refractivity contribution >= 4 is 32.5 Å². The molecule has 0 aromatic carbocycles. The molecule has 3 N–H and O–H groups in total. The summed E-state index contributed by atoms with van der Waals surface area (Å²) < 4.78 is 31.5. The highest BCUT2D eigenvalue weighted by Gasteiger charge is 2.23. The maximum atomic E-state index is 12.0. The van der Waals surface area contributed by atoms with Gasteiger partial charge in [0.1, 0.15) is 5.82 Å². The highest BCUT2D eigenvalue weighted by atomic mass is 32.2. The summed E-state index contributed by atoms with van der Waals surface area (Å²) in [6, 6.07) is 0. The molecule has 0 aliphatic heterocycles. The smallest absolute Gasteiger partial charge is 0.283 e. The highest BCUT2D eigenvalue weighted by molar-refractivity contribution is 7.93. The fraction of sp³-hybridized carbons (Fsp3) is 0.286. The first-order valence-corrected chi connectivity index (χ1v) is 6.76. The Morgan fingerprint density at radius 2 is 2.24 bits per heavy atom. The van der Waals surface area contributed by atoms with Crippen LogP contribution in [0.5, 0.6) is 0 Å². The molecule has 0 amide bonds. The van der Waals surface area contributed by atoms with Crippen LogP contribution < -0.4 is 10.5 Å². The molecule has 2 rings (SSSR count). The van der Waals surface area contributed by atoms with Crippen LogP contribution in [-0.4, -0.2) is 27.3 Å². The van der Waals surface area contributed by atoms with Crippen LogP contribution in [0.25, 0.3) is 0 Å². The number of nitrogen functional groups attached to an aromatic ring is 1. The van der Waals surface area contributed by atoms with Crippen LogP contribution in [0.2, 0.25) is 0 Å². The molecule has 0 unspecified atom stereocenters. The van der Waals surface area contributed by atoms with Gasteiger partial charge in [-0.05, 0) is 6.92 Å². The molecule has 0 aliphatic carbocycles. The normalized spacial score (nSPS) is 11.6. The van der Waals surface area contributed by atoms with Gasteiger partial charge >= 0.3 is 0 Å². The molecule has 0 radical (unpaired) electrons. The van der Waals surface area contributed by atoms with E-state index in [1.54, 1.807) is 14.0 Å². The number of aryl methyl sites for hydroxylation is 2. The number of rotatable bonds is 3. The third kappa shape index (κ3) is 2.22. The number of nitrogens with zero attached hydrogens (tertiary/aromatic N) is 4. The van der Waals surface area contributed by atoms with Crippen LogP contribution >= 0.6 is 11.5 Å². The van der Waals surface area contributed by atoms with Crippen molar-refractivity contribution in [3.8, 4) is 0 Å². The second kappa shape index (κ2) is 3.96. The van der Waals surface area contributed by atoms with Gasteiger partial charge in [0.2, 0.25) is 5.13 Å². The first-order chi connectivity index (χ1) is 7.90. The Hall–Kier alpha value is -1.68. The van der Waals surface area contributed by atoms with E-state index >= 15 is 0 Å². The zero-order chi connectivity index (χ0) is 12.6. The molecule has 17 heavy (non-hydrogen) atoms. The lowest BCUT2D eigenvalue weighted by atomic mass is 10.8. The molecular weight excluding hydrogens is 264 g/mol. The Labute approximate surface area is 102 Å². The van der Waals surface area contributed by atoms with E-state index in [9.17, 15) is 8.42 Å². The van der Waals surface area contributed by atoms with Crippen molar-refractivity contribution in [2.75, 3.05) is 10.5 Å². The van der Waals surface area contributed by atoms with Crippen molar-refractivity contribution in [2.24, 2.45) is 7.05 Å². The van der Waals surface area contributed by atoms with Crippen molar-refractivity contribution < 1.29 is 8.42 Å². The molecule has 2 aromatic rings. The SMILES string of the molecule is Cc1nsc(NS(=O)(=O)c2c(N)ncn2C)n1. The fourth-order valence-electron chi connectivity index (χ4n) is 1.27. The summed E-state index contributed by atoms with van der Waals surface area (Å²) in [6.45, 7) is 1.67. The molecule has 0 bridgehead atoms. The molecule has 8 nitrogen and oxygen atoms in total. The molecule has 2 heterocycles. The van der Waals surface area contributed by atoms with Gasteiger partial charge in [-0.15, -0.1) is 0 Å². The Morgan fingerprint density at radius 1 is 1.53 bits per heavy atom. The molecule has 2 aromatic heterocycles. The first-order valence-electron chi connectivity index (χ1n) is 4.50. The number of nitrogens with two attached hydrogens (primary N) is 1. The second-order valence-corrected chi connectivity index (χ2v) is 5.65. The Morgan fingerprint density at radius 3 is 2.71 bits per heavy atom. The minimum absolute atomic E-state index is 0.0544. The van der Waals surface area contributed by atoms with Crippen LogP contribution in [0.15, 0.2) is 11.4 Å². The van der Waals surface area contributed by atoms with Crippen LogP contribution in [-0.2, 0) is 17.1 Å². The van der Waals surface area contributed by atoms with E-state index in [0.717, 1.165) is 11.5 Å². The predicted molar refractivity (Wildman–Crippen MR) is 63.1 cm³/mol. The molecule has 0 spiro atoms. The van der Waals surface area contributed by atoms with Crippen molar-refractivity contribution in [1.82, 2.24) is 18.9 Å². The van der Waals surface area contributed by atoms with E-state index in [4.69, 9.17) is 5.73 Å². The van der Waals surface area contributed by atoms with Gasteiger partial charge in [0.05, 0.1) is 6.33 Å². The number of hydrogen-bond donors (Lipinski definition) is 2. The lowest BCUT2D eigenvalue weighted by Gasteiger charge is -2.05. The van der Waals surface area contributed by atoms with E-state index < -0.39 is 10.0 Å². The van der Waals surface area contributed by atoms with Crippen molar-refractivity contribution in [3.63, 3.8) is 0 Å². The lowest BCUT2D eigenvalue weighted by Crippen LogP contribution is -2.17. The number of anilines is 2. The number of aromatic nitrogens is 4. The van der Waals surface area contributed by atoms with E-state index in [1.807, 2.05) is 0 Å². The fourth-order valence-corrected chi connectivity index (χ4v) is 3.30. The van der Waals surface area contributed by atoms with Gasteiger partial charge in [0.25, 0.3) is 10.0 Å². The monoisotopic (exact) mass is 274 g/mol. The second-order valence-electron chi connectivity index (χ2n) is 3.30. The van der Waals surface area contributed by atoms with Crippen molar-refractivity contribution in [1.29, 1.82) is 0 Å². The number of hydrogen-bond acceptors (Lipinski definition) is 7. The van der Waals surface area contributed by atoms with Crippen LogP contribution in [0.3, 0.4) is 0 Å². The molecule has 0 fully saturated rings. The number of imidazole rings is 1. The average molecular weight is 274 g/mol. The van der Waals surface area contributed by atoms with Crippen LogP contribution in [0.4, 0.5) is 10.9 Å². The minimum atomic E-state index is -3.78. The largest absolute Gasteiger partial charge is 0.381 e. The van der Waals surface area contributed by atoms with Gasteiger partial charge < -0.3 is 10.3 Å². The minimum Gasteiger partial charge on any atom is -0.381 e. The Bertz CT molecular complexity index is 624. The van der Waals surface area contributed by atoms with Crippen molar-refractivity contribution in [2.45, 2.75) is 11.9 Å². The quantitative estimate of drug-likeness (QED) is 0.811. The van der Waals surface area contributed by atoms with Crippen molar-refractivity contribution in [3.05, 3.63) is 12.2 Å². The summed E-state index contributed by atoms with van der Waals surface area (Å²) in [5.41, 5.74) is 5.50. The van der Waals surface area contributed by atoms with Gasteiger partial charge in [0, 0.05) is 18.6 Å². The Balaban J connectivity index is 2.38. The van der Waals surface area contributed by atoms with Crippen LogP contribution in [0.1, 0.15) is 5.82 Å². The molecule has 0 aliphatic rings. The Kier molecular flexibility index (Phi) is 2.75. The summed E-state index contributed by atoms with van der Waals surface area (Å²) in [5.74, 6) is 0.451. The lowest BCUT2D eigenvalue weighted by molar-refractivity contribution is 0.592. The molecule has 0 saturated carbocycles. The van der Waals surface area contributed by atoms with E-state index in [-0.39, 0.29) is 16.0 Å². The summed E-state index contributed by atoms with van der Waals surface area (Å²) in [4.78, 5) is 7.63. The molecule has 0 atom stereocenters. The summed E-state index contributed by atoms with van der Waals surface area (Å²) in [6.07, 6.45) is 1.33. The predicted octanol–water partition coefficient (Wildman–Crippen LogP) is -0.0370. The van der Waals surface area contributed by atoms with Gasteiger partial charge in [0.15, 0.2) is 10.8 Å². The molecule has 92 valence electrons. The van der Waals surface area contributed by atoms with Gasteiger partial charge in [-0.2, -0.15) is 12.8 Å². The summed E-state index contributed by atoms with van der Waals surface area (Å²) in [7, 11) is -2.24. The van der Waals surface area contributed by atoms with E-state index in [1.165, 1.54) is 10.9 Å². The maximum absolute atomic E-state index is 12.0. The molecule has 0 saturated heterocycles. The number of sulfonamides is 1.